The van der Waals surface area contributed by atoms with Gasteiger partial charge in [0.2, 0.25) is 0 Å². The highest BCUT2D eigenvalue weighted by Gasteiger charge is 2.09. The third-order valence-corrected chi connectivity index (χ3v) is 2.31. The molecule has 0 aliphatic rings. The first kappa shape index (κ1) is 12.1. The molecule has 0 bridgehead atoms. The molecule has 0 saturated carbocycles. The van der Waals surface area contributed by atoms with E-state index in [1.165, 1.54) is 0 Å². The molecule has 1 atom stereocenters. The molecule has 5 heteroatoms. The average Bonchev–Trinajstić information content (AvgIpc) is 2.24. The van der Waals surface area contributed by atoms with Gasteiger partial charge in [-0.15, -0.1) is 0 Å². The van der Waals surface area contributed by atoms with Gasteiger partial charge in [-0.2, -0.15) is 5.26 Å². The zero-order valence-corrected chi connectivity index (χ0v) is 9.74. The quantitative estimate of drug-likeness (QED) is 0.793. The zero-order valence-electron chi connectivity index (χ0n) is 8.15. The summed E-state index contributed by atoms with van der Waals surface area (Å²) in [6.45, 7) is 0.739. The molecule has 0 fully saturated rings. The van der Waals surface area contributed by atoms with Crippen LogP contribution in [0.1, 0.15) is 18.0 Å². The number of halogens is 1. The Morgan fingerprint density at radius 3 is 3.00 bits per heavy atom. The number of aromatic nitrogens is 1. The Hall–Kier alpha value is -0.960. The average molecular weight is 270 g/mol. The molecule has 0 amide bonds. The first-order valence-corrected chi connectivity index (χ1v) is 5.41. The van der Waals surface area contributed by atoms with E-state index in [1.807, 2.05) is 6.07 Å². The summed E-state index contributed by atoms with van der Waals surface area (Å²) in [5, 5.41) is 20.6. The maximum Gasteiger partial charge on any atom is 0.122 e. The molecule has 1 heterocycles. The van der Waals surface area contributed by atoms with Crippen molar-refractivity contribution in [2.75, 3.05) is 13.2 Å². The van der Waals surface area contributed by atoms with Crippen LogP contribution in [0.4, 0.5) is 0 Å². The molecule has 0 aliphatic carbocycles. The SMILES string of the molecule is N#CC(NCCCO)c1cncc(Br)c1. The van der Waals surface area contributed by atoms with Gasteiger partial charge < -0.3 is 5.11 Å². The molecular formula is C10H12BrN3O. The highest BCUT2D eigenvalue weighted by Crippen LogP contribution is 2.15. The Bertz CT molecular complexity index is 351. The van der Waals surface area contributed by atoms with Gasteiger partial charge in [0, 0.05) is 29.0 Å². The number of pyridine rings is 1. The van der Waals surface area contributed by atoms with Crippen LogP contribution in [0.15, 0.2) is 22.9 Å². The predicted molar refractivity (Wildman–Crippen MR) is 60.0 cm³/mol. The second-order valence-electron chi connectivity index (χ2n) is 3.03. The monoisotopic (exact) mass is 269 g/mol. The van der Waals surface area contributed by atoms with Crippen LogP contribution in [0, 0.1) is 11.3 Å². The van der Waals surface area contributed by atoms with E-state index >= 15 is 0 Å². The fraction of sp³-hybridized carbons (Fsp3) is 0.400. The largest absolute Gasteiger partial charge is 0.396 e. The Balaban J connectivity index is 2.63. The Morgan fingerprint density at radius 2 is 2.40 bits per heavy atom. The van der Waals surface area contributed by atoms with E-state index in [0.717, 1.165) is 10.0 Å². The lowest BCUT2D eigenvalue weighted by atomic mass is 10.1. The van der Waals surface area contributed by atoms with Crippen LogP contribution in [0.25, 0.3) is 0 Å². The third kappa shape index (κ3) is 3.96. The Kier molecular flexibility index (Phi) is 5.26. The van der Waals surface area contributed by atoms with Gasteiger partial charge in [0.15, 0.2) is 0 Å². The van der Waals surface area contributed by atoms with E-state index in [-0.39, 0.29) is 12.6 Å². The Morgan fingerprint density at radius 1 is 1.60 bits per heavy atom. The van der Waals surface area contributed by atoms with Crippen molar-refractivity contribution in [1.82, 2.24) is 10.3 Å². The molecule has 4 nitrogen and oxygen atoms in total. The van der Waals surface area contributed by atoms with Crippen molar-refractivity contribution >= 4 is 15.9 Å². The fourth-order valence-corrected chi connectivity index (χ4v) is 1.53. The van der Waals surface area contributed by atoms with Crippen LogP contribution < -0.4 is 5.32 Å². The fourth-order valence-electron chi connectivity index (χ4n) is 1.15. The van der Waals surface area contributed by atoms with Crippen LogP contribution in [-0.4, -0.2) is 23.2 Å². The predicted octanol–water partition coefficient (Wildman–Crippen LogP) is 1.38. The molecule has 0 spiro atoms. The summed E-state index contributed by atoms with van der Waals surface area (Å²) in [5.41, 5.74) is 0.824. The number of aliphatic hydroxyl groups excluding tert-OH is 1. The van der Waals surface area contributed by atoms with Crippen LogP contribution in [-0.2, 0) is 0 Å². The standard InChI is InChI=1S/C10H12BrN3O/c11-9-4-8(6-13-7-9)10(5-12)14-2-1-3-15/h4,6-7,10,14-15H,1-3H2. The normalized spacial score (nSPS) is 12.1. The molecule has 0 radical (unpaired) electrons. The highest BCUT2D eigenvalue weighted by molar-refractivity contribution is 9.10. The summed E-state index contributed by atoms with van der Waals surface area (Å²) < 4.78 is 0.851. The molecule has 0 aromatic carbocycles. The van der Waals surface area contributed by atoms with Gasteiger partial charge in [-0.3, -0.25) is 10.3 Å². The van der Waals surface area contributed by atoms with E-state index in [0.29, 0.717) is 13.0 Å². The van der Waals surface area contributed by atoms with Crippen molar-refractivity contribution in [1.29, 1.82) is 5.26 Å². The molecule has 1 aromatic rings. The van der Waals surface area contributed by atoms with Crippen LogP contribution in [0.5, 0.6) is 0 Å². The summed E-state index contributed by atoms with van der Waals surface area (Å²) in [6, 6.07) is 3.63. The zero-order chi connectivity index (χ0) is 11.1. The highest BCUT2D eigenvalue weighted by atomic mass is 79.9. The number of hydrogen-bond acceptors (Lipinski definition) is 4. The van der Waals surface area contributed by atoms with Crippen molar-refractivity contribution in [3.8, 4) is 6.07 Å². The van der Waals surface area contributed by atoms with Gasteiger partial charge in [0.1, 0.15) is 6.04 Å². The number of aliphatic hydroxyl groups is 1. The minimum absolute atomic E-state index is 0.127. The van der Waals surface area contributed by atoms with Crippen LogP contribution >= 0.6 is 15.9 Å². The van der Waals surface area contributed by atoms with E-state index in [9.17, 15) is 0 Å². The molecule has 1 unspecified atom stereocenters. The number of hydrogen-bond donors (Lipinski definition) is 2. The third-order valence-electron chi connectivity index (χ3n) is 1.87. The molecule has 15 heavy (non-hydrogen) atoms. The molecule has 1 rings (SSSR count). The lowest BCUT2D eigenvalue weighted by Crippen LogP contribution is -2.21. The van der Waals surface area contributed by atoms with Gasteiger partial charge >= 0.3 is 0 Å². The van der Waals surface area contributed by atoms with E-state index in [2.05, 4.69) is 32.3 Å². The smallest absolute Gasteiger partial charge is 0.122 e. The molecule has 2 N–H and O–H groups in total. The maximum absolute atomic E-state index is 8.95. The first-order valence-electron chi connectivity index (χ1n) is 4.62. The van der Waals surface area contributed by atoms with Crippen molar-refractivity contribution < 1.29 is 5.11 Å². The van der Waals surface area contributed by atoms with Gasteiger partial charge in [-0.25, -0.2) is 0 Å². The molecule has 0 aliphatic heterocycles. The summed E-state index contributed by atoms with van der Waals surface area (Å²) in [4.78, 5) is 3.99. The number of nitrogens with zero attached hydrogens (tertiary/aromatic N) is 2. The lowest BCUT2D eigenvalue weighted by molar-refractivity contribution is 0.285. The first-order chi connectivity index (χ1) is 7.27. The number of nitrogens with one attached hydrogen (secondary N) is 1. The van der Waals surface area contributed by atoms with E-state index in [1.54, 1.807) is 12.4 Å². The van der Waals surface area contributed by atoms with Crippen molar-refractivity contribution in [3.05, 3.63) is 28.5 Å². The number of nitriles is 1. The van der Waals surface area contributed by atoms with Crippen LogP contribution in [0.3, 0.4) is 0 Å². The second-order valence-corrected chi connectivity index (χ2v) is 3.95. The van der Waals surface area contributed by atoms with Crippen molar-refractivity contribution in [2.45, 2.75) is 12.5 Å². The van der Waals surface area contributed by atoms with Gasteiger partial charge in [-0.1, -0.05) is 0 Å². The van der Waals surface area contributed by atoms with Gasteiger partial charge in [0.25, 0.3) is 0 Å². The lowest BCUT2D eigenvalue weighted by Gasteiger charge is -2.10. The minimum atomic E-state index is -0.374. The summed E-state index contributed by atoms with van der Waals surface area (Å²) >= 11 is 3.30. The van der Waals surface area contributed by atoms with Gasteiger partial charge in [0.05, 0.1) is 6.07 Å². The maximum atomic E-state index is 8.95. The summed E-state index contributed by atoms with van der Waals surface area (Å²) in [7, 11) is 0. The van der Waals surface area contributed by atoms with E-state index in [4.69, 9.17) is 10.4 Å². The van der Waals surface area contributed by atoms with Crippen molar-refractivity contribution in [2.24, 2.45) is 0 Å². The molecular weight excluding hydrogens is 258 g/mol. The van der Waals surface area contributed by atoms with Crippen molar-refractivity contribution in [3.63, 3.8) is 0 Å². The number of rotatable bonds is 5. The second kappa shape index (κ2) is 6.51. The minimum Gasteiger partial charge on any atom is -0.396 e. The molecule has 80 valence electrons. The molecule has 0 saturated heterocycles. The molecule has 1 aromatic heterocycles. The van der Waals surface area contributed by atoms with Crippen LogP contribution in [0.2, 0.25) is 0 Å². The van der Waals surface area contributed by atoms with Gasteiger partial charge in [-0.05, 0) is 35.0 Å². The van der Waals surface area contributed by atoms with E-state index < -0.39 is 0 Å². The topological polar surface area (TPSA) is 68.9 Å². The Labute approximate surface area is 97.1 Å². The summed E-state index contributed by atoms with van der Waals surface area (Å²) in [6.07, 6.45) is 3.97. The summed E-state index contributed by atoms with van der Waals surface area (Å²) in [5.74, 6) is 0.